The first-order chi connectivity index (χ1) is 14.3. The molecule has 1 fully saturated rings. The number of hydrogen-bond acceptors (Lipinski definition) is 3. The zero-order valence-corrected chi connectivity index (χ0v) is 19.2. The molecule has 0 spiro atoms. The van der Waals surface area contributed by atoms with Crippen LogP contribution in [0.1, 0.15) is 81.0 Å². The third kappa shape index (κ3) is 4.51. The van der Waals surface area contributed by atoms with Crippen LogP contribution >= 0.6 is 15.9 Å². The second-order valence-corrected chi connectivity index (χ2v) is 8.75. The summed E-state index contributed by atoms with van der Waals surface area (Å²) in [5, 5.41) is 9.97. The quantitative estimate of drug-likeness (QED) is 0.375. The first kappa shape index (κ1) is 22.3. The van der Waals surface area contributed by atoms with Gasteiger partial charge in [0.15, 0.2) is 5.78 Å². The van der Waals surface area contributed by atoms with E-state index >= 15 is 0 Å². The molecule has 1 N–H and O–H groups in total. The number of hydrogen-bond donors (Lipinski definition) is 1. The largest absolute Gasteiger partial charge is 0.496 e. The summed E-state index contributed by atoms with van der Waals surface area (Å²) in [5.74, 6) is -0.283. The molecule has 5 heteroatoms. The molecule has 4 nitrogen and oxygen atoms in total. The molecule has 0 saturated heterocycles. The van der Waals surface area contributed by atoms with Gasteiger partial charge in [0.25, 0.3) is 0 Å². The van der Waals surface area contributed by atoms with Crippen molar-refractivity contribution in [3.63, 3.8) is 0 Å². The van der Waals surface area contributed by atoms with E-state index in [1.807, 2.05) is 26.0 Å². The van der Waals surface area contributed by atoms with Crippen molar-refractivity contribution in [3.05, 3.63) is 68.2 Å². The van der Waals surface area contributed by atoms with Gasteiger partial charge in [0, 0.05) is 21.2 Å². The van der Waals surface area contributed by atoms with Gasteiger partial charge in [-0.1, -0.05) is 35.2 Å². The van der Waals surface area contributed by atoms with Gasteiger partial charge in [-0.25, -0.2) is 4.79 Å². The predicted molar refractivity (Wildman–Crippen MR) is 123 cm³/mol. The SMILES string of the molecule is COc1c(C=CC(=O)c2ccc(Br)cc2)c(C)c(C)c(C(=O)O)c1C1CCCCC1. The monoisotopic (exact) mass is 470 g/mol. The van der Waals surface area contributed by atoms with Crippen molar-refractivity contribution in [2.45, 2.75) is 51.9 Å². The molecule has 1 saturated carbocycles. The lowest BCUT2D eigenvalue weighted by Gasteiger charge is -2.28. The summed E-state index contributed by atoms with van der Waals surface area (Å²) < 4.78 is 6.69. The van der Waals surface area contributed by atoms with Crippen LogP contribution in [0.15, 0.2) is 34.8 Å². The van der Waals surface area contributed by atoms with Crippen LogP contribution in [0.5, 0.6) is 5.75 Å². The number of carbonyl (C=O) groups is 2. The maximum atomic E-state index is 12.6. The number of carbonyl (C=O) groups excluding carboxylic acids is 1. The van der Waals surface area contributed by atoms with E-state index in [9.17, 15) is 14.7 Å². The molecule has 0 aliphatic heterocycles. The van der Waals surface area contributed by atoms with Crippen LogP contribution in [0.25, 0.3) is 6.08 Å². The van der Waals surface area contributed by atoms with Crippen LogP contribution in [0, 0.1) is 13.8 Å². The second kappa shape index (κ2) is 9.61. The molecule has 1 aliphatic rings. The van der Waals surface area contributed by atoms with Gasteiger partial charge in [-0.15, -0.1) is 0 Å². The summed E-state index contributed by atoms with van der Waals surface area (Å²) in [5.41, 5.74) is 4.07. The molecular formula is C25H27BrO4. The molecular weight excluding hydrogens is 444 g/mol. The summed E-state index contributed by atoms with van der Waals surface area (Å²) in [4.78, 5) is 24.8. The zero-order valence-electron chi connectivity index (χ0n) is 17.6. The van der Waals surface area contributed by atoms with E-state index in [2.05, 4.69) is 15.9 Å². The molecule has 30 heavy (non-hydrogen) atoms. The summed E-state index contributed by atoms with van der Waals surface area (Å²) in [6, 6.07) is 7.21. The summed E-state index contributed by atoms with van der Waals surface area (Å²) in [7, 11) is 1.58. The molecule has 0 amide bonds. The number of aromatic carboxylic acids is 1. The maximum Gasteiger partial charge on any atom is 0.336 e. The third-order valence-corrected chi connectivity index (χ3v) is 6.59. The number of allylic oxidation sites excluding steroid dienone is 1. The highest BCUT2D eigenvalue weighted by Crippen LogP contribution is 2.44. The highest BCUT2D eigenvalue weighted by Gasteiger charge is 2.29. The van der Waals surface area contributed by atoms with Gasteiger partial charge in [-0.05, 0) is 80.2 Å². The molecule has 0 radical (unpaired) electrons. The van der Waals surface area contributed by atoms with E-state index in [4.69, 9.17) is 4.74 Å². The van der Waals surface area contributed by atoms with Crippen molar-refractivity contribution < 1.29 is 19.4 Å². The lowest BCUT2D eigenvalue weighted by Crippen LogP contribution is -2.16. The van der Waals surface area contributed by atoms with Crippen LogP contribution in [0.2, 0.25) is 0 Å². The van der Waals surface area contributed by atoms with E-state index in [1.54, 1.807) is 31.4 Å². The predicted octanol–water partition coefficient (Wildman–Crippen LogP) is 6.72. The minimum Gasteiger partial charge on any atom is -0.496 e. The first-order valence-electron chi connectivity index (χ1n) is 10.3. The van der Waals surface area contributed by atoms with E-state index in [0.717, 1.165) is 52.4 Å². The zero-order chi connectivity index (χ0) is 21.8. The fourth-order valence-corrected chi connectivity index (χ4v) is 4.63. The molecule has 2 aromatic rings. The average Bonchev–Trinajstić information content (AvgIpc) is 2.74. The Morgan fingerprint density at radius 3 is 2.27 bits per heavy atom. The van der Waals surface area contributed by atoms with Crippen LogP contribution in [0.4, 0.5) is 0 Å². The number of rotatable bonds is 6. The molecule has 0 heterocycles. The van der Waals surface area contributed by atoms with E-state index in [-0.39, 0.29) is 11.7 Å². The highest BCUT2D eigenvalue weighted by atomic mass is 79.9. The van der Waals surface area contributed by atoms with Gasteiger partial charge in [-0.2, -0.15) is 0 Å². The lowest BCUT2D eigenvalue weighted by atomic mass is 9.78. The number of benzene rings is 2. The lowest BCUT2D eigenvalue weighted by molar-refractivity contribution is 0.0693. The molecule has 3 rings (SSSR count). The van der Waals surface area contributed by atoms with Gasteiger partial charge >= 0.3 is 5.97 Å². The Morgan fingerprint density at radius 2 is 1.70 bits per heavy atom. The fraction of sp³-hybridized carbons (Fsp3) is 0.360. The topological polar surface area (TPSA) is 63.6 Å². The minimum atomic E-state index is -0.920. The van der Waals surface area contributed by atoms with Crippen molar-refractivity contribution in [3.8, 4) is 5.75 Å². The smallest absolute Gasteiger partial charge is 0.336 e. The number of carboxylic acids is 1. The summed E-state index contributed by atoms with van der Waals surface area (Å²) >= 11 is 3.38. The molecule has 0 aromatic heterocycles. The summed E-state index contributed by atoms with van der Waals surface area (Å²) in [6.45, 7) is 3.73. The van der Waals surface area contributed by atoms with Crippen molar-refractivity contribution in [2.24, 2.45) is 0 Å². The van der Waals surface area contributed by atoms with Gasteiger partial charge in [0.1, 0.15) is 5.75 Å². The molecule has 1 aliphatic carbocycles. The maximum absolute atomic E-state index is 12.6. The third-order valence-electron chi connectivity index (χ3n) is 6.06. The minimum absolute atomic E-state index is 0.108. The van der Waals surface area contributed by atoms with Crippen molar-refractivity contribution >= 4 is 33.8 Å². The number of halogens is 1. The number of ketones is 1. The fourth-order valence-electron chi connectivity index (χ4n) is 4.37. The Kier molecular flexibility index (Phi) is 7.14. The number of methoxy groups -OCH3 is 1. The van der Waals surface area contributed by atoms with Gasteiger partial charge in [0.05, 0.1) is 12.7 Å². The molecule has 0 bridgehead atoms. The Hall–Kier alpha value is -2.40. The Morgan fingerprint density at radius 1 is 1.07 bits per heavy atom. The average molecular weight is 471 g/mol. The Bertz CT molecular complexity index is 983. The van der Waals surface area contributed by atoms with Crippen molar-refractivity contribution in [1.29, 1.82) is 0 Å². The normalized spacial score (nSPS) is 14.8. The van der Waals surface area contributed by atoms with Crippen molar-refractivity contribution in [1.82, 2.24) is 0 Å². The Labute approximate surface area is 186 Å². The van der Waals surface area contributed by atoms with Gasteiger partial charge in [-0.3, -0.25) is 4.79 Å². The van der Waals surface area contributed by atoms with Crippen LogP contribution < -0.4 is 4.74 Å². The van der Waals surface area contributed by atoms with Crippen molar-refractivity contribution in [2.75, 3.05) is 7.11 Å². The highest BCUT2D eigenvalue weighted by molar-refractivity contribution is 9.10. The van der Waals surface area contributed by atoms with Crippen LogP contribution in [-0.4, -0.2) is 24.0 Å². The molecule has 0 unspecified atom stereocenters. The number of carboxylic acid groups (broad SMARTS) is 1. The van der Waals surface area contributed by atoms with Crippen LogP contribution in [0.3, 0.4) is 0 Å². The Balaban J connectivity index is 2.11. The van der Waals surface area contributed by atoms with E-state index < -0.39 is 5.97 Å². The summed E-state index contributed by atoms with van der Waals surface area (Å²) in [6.07, 6.45) is 8.59. The molecule has 0 atom stereocenters. The molecule has 2 aromatic carbocycles. The van der Waals surface area contributed by atoms with E-state index in [1.165, 1.54) is 6.42 Å². The standard InChI is InChI=1S/C25H27BrO4/c1-15-16(2)22(25(28)29)23(18-7-5-4-6-8-18)24(30-3)20(15)13-14-21(27)17-9-11-19(26)12-10-17/h9-14,18H,4-8H2,1-3H3,(H,28,29). The number of ether oxygens (including phenoxy) is 1. The van der Waals surface area contributed by atoms with Gasteiger partial charge < -0.3 is 9.84 Å². The van der Waals surface area contributed by atoms with Gasteiger partial charge in [0.2, 0.25) is 0 Å². The molecule has 158 valence electrons. The van der Waals surface area contributed by atoms with E-state index in [0.29, 0.717) is 16.9 Å². The second-order valence-electron chi connectivity index (χ2n) is 7.83. The first-order valence-corrected chi connectivity index (χ1v) is 11.1. The van der Waals surface area contributed by atoms with Crippen LogP contribution in [-0.2, 0) is 0 Å².